The minimum Gasteiger partial charge on any atom is -0.248 e. The first-order valence-corrected chi connectivity index (χ1v) is 6.12. The molecule has 0 bridgehead atoms. The van der Waals surface area contributed by atoms with Gasteiger partial charge in [0.25, 0.3) is 0 Å². The molecule has 15 heavy (non-hydrogen) atoms. The van der Waals surface area contributed by atoms with Crippen molar-refractivity contribution in [2.24, 2.45) is 0 Å². The summed E-state index contributed by atoms with van der Waals surface area (Å²) in [6, 6.07) is 2.04. The minimum absolute atomic E-state index is 0.0199. The molecule has 1 fully saturated rings. The van der Waals surface area contributed by atoms with E-state index in [0.717, 1.165) is 5.15 Å². The van der Waals surface area contributed by atoms with Crippen LogP contribution in [0.3, 0.4) is 0 Å². The lowest BCUT2D eigenvalue weighted by molar-refractivity contribution is 0.352. The molecule has 0 aliphatic heterocycles. The van der Waals surface area contributed by atoms with Crippen molar-refractivity contribution in [3.8, 4) is 0 Å². The van der Waals surface area contributed by atoms with Gasteiger partial charge in [0.1, 0.15) is 5.15 Å². The van der Waals surface area contributed by atoms with Crippen LogP contribution in [0.4, 0.5) is 0 Å². The summed E-state index contributed by atoms with van der Waals surface area (Å²) in [5.74, 6) is 0.645. The van der Waals surface area contributed by atoms with E-state index < -0.39 is 0 Å². The number of hydrogen-bond acceptors (Lipinski definition) is 1. The van der Waals surface area contributed by atoms with Crippen LogP contribution < -0.4 is 0 Å². The van der Waals surface area contributed by atoms with Crippen LogP contribution >= 0.6 is 11.6 Å². The van der Waals surface area contributed by atoms with Gasteiger partial charge in [-0.15, -0.1) is 0 Å². The van der Waals surface area contributed by atoms with Gasteiger partial charge in [-0.3, -0.25) is 0 Å². The van der Waals surface area contributed by atoms with Crippen LogP contribution in [0.25, 0.3) is 0 Å². The van der Waals surface area contributed by atoms with Crippen molar-refractivity contribution >= 4 is 11.6 Å². The molecular formula is C12H19ClN2. The van der Waals surface area contributed by atoms with E-state index in [9.17, 15) is 0 Å². The number of rotatable bonds is 1. The lowest BCUT2D eigenvalue weighted by Gasteiger charge is -2.20. The Kier molecular flexibility index (Phi) is 2.80. The van der Waals surface area contributed by atoms with Gasteiger partial charge in [-0.2, -0.15) is 5.10 Å². The van der Waals surface area contributed by atoms with Crippen molar-refractivity contribution in [1.29, 1.82) is 0 Å². The van der Waals surface area contributed by atoms with Gasteiger partial charge < -0.3 is 0 Å². The van der Waals surface area contributed by atoms with Gasteiger partial charge in [-0.05, 0) is 39.7 Å². The fourth-order valence-electron chi connectivity index (χ4n) is 2.27. The molecule has 0 spiro atoms. The Morgan fingerprint density at radius 3 is 2.40 bits per heavy atom. The summed E-state index contributed by atoms with van der Waals surface area (Å²) in [5, 5.41) is 5.42. The van der Waals surface area contributed by atoms with Crippen LogP contribution in [0.2, 0.25) is 5.15 Å². The molecule has 1 heterocycles. The molecule has 1 aliphatic rings. The highest BCUT2D eigenvalue weighted by Gasteiger charge is 2.24. The lowest BCUT2D eigenvalue weighted by atomic mass is 10.1. The first-order valence-electron chi connectivity index (χ1n) is 5.74. The minimum atomic E-state index is -0.0199. The summed E-state index contributed by atoms with van der Waals surface area (Å²) < 4.78 is 1.93. The van der Waals surface area contributed by atoms with Crippen molar-refractivity contribution in [2.45, 2.75) is 57.9 Å². The van der Waals surface area contributed by atoms with Gasteiger partial charge in [0.2, 0.25) is 0 Å². The standard InChI is InChI=1S/C12H19ClN2/c1-12(2,3)15-11(13)8-10(14-15)9-6-4-5-7-9/h8-9H,4-7H2,1-3H3. The fraction of sp³-hybridized carbons (Fsp3) is 0.750. The number of nitrogens with zero attached hydrogens (tertiary/aromatic N) is 2. The molecule has 2 nitrogen and oxygen atoms in total. The molecule has 1 saturated carbocycles. The predicted octanol–water partition coefficient (Wildman–Crippen LogP) is 3.95. The van der Waals surface area contributed by atoms with Crippen molar-refractivity contribution in [3.63, 3.8) is 0 Å². The number of halogens is 1. The maximum absolute atomic E-state index is 6.21. The second-order valence-electron chi connectivity index (χ2n) is 5.46. The summed E-state index contributed by atoms with van der Waals surface area (Å²) in [4.78, 5) is 0. The third-order valence-electron chi connectivity index (χ3n) is 3.09. The Hall–Kier alpha value is -0.500. The highest BCUT2D eigenvalue weighted by Crippen LogP contribution is 2.35. The maximum atomic E-state index is 6.21. The molecule has 1 aromatic rings. The van der Waals surface area contributed by atoms with E-state index in [1.807, 2.05) is 10.7 Å². The van der Waals surface area contributed by atoms with Gasteiger partial charge in [0.15, 0.2) is 0 Å². The van der Waals surface area contributed by atoms with E-state index in [2.05, 4.69) is 25.9 Å². The molecule has 0 N–H and O–H groups in total. The number of aromatic nitrogens is 2. The van der Waals surface area contributed by atoms with E-state index in [1.165, 1.54) is 31.4 Å². The molecule has 3 heteroatoms. The predicted molar refractivity (Wildman–Crippen MR) is 63.4 cm³/mol. The Bertz CT molecular complexity index is 343. The number of hydrogen-bond donors (Lipinski definition) is 0. The van der Waals surface area contributed by atoms with E-state index in [0.29, 0.717) is 5.92 Å². The van der Waals surface area contributed by atoms with Crippen LogP contribution in [0, 0.1) is 0 Å². The molecule has 0 radical (unpaired) electrons. The molecule has 0 atom stereocenters. The van der Waals surface area contributed by atoms with E-state index >= 15 is 0 Å². The van der Waals surface area contributed by atoms with Gasteiger partial charge in [0, 0.05) is 5.92 Å². The summed E-state index contributed by atoms with van der Waals surface area (Å²) in [6.45, 7) is 6.39. The third kappa shape index (κ3) is 2.20. The van der Waals surface area contributed by atoms with Crippen molar-refractivity contribution in [2.75, 3.05) is 0 Å². The molecular weight excluding hydrogens is 208 g/mol. The molecule has 84 valence electrons. The first kappa shape index (κ1) is 11.0. The normalized spacial score (nSPS) is 18.7. The molecule has 0 amide bonds. The van der Waals surface area contributed by atoms with Crippen LogP contribution in [0.1, 0.15) is 58.1 Å². The lowest BCUT2D eigenvalue weighted by Crippen LogP contribution is -2.23. The summed E-state index contributed by atoms with van der Waals surface area (Å²) in [7, 11) is 0. The zero-order valence-electron chi connectivity index (χ0n) is 9.76. The molecule has 0 saturated heterocycles. The average Bonchev–Trinajstić information content (AvgIpc) is 2.68. The Labute approximate surface area is 96.6 Å². The highest BCUT2D eigenvalue weighted by atomic mass is 35.5. The largest absolute Gasteiger partial charge is 0.248 e. The van der Waals surface area contributed by atoms with E-state index in [4.69, 9.17) is 11.6 Å². The van der Waals surface area contributed by atoms with Crippen LogP contribution in [-0.4, -0.2) is 9.78 Å². The zero-order chi connectivity index (χ0) is 11.1. The van der Waals surface area contributed by atoms with Gasteiger partial charge in [-0.25, -0.2) is 4.68 Å². The highest BCUT2D eigenvalue weighted by molar-refractivity contribution is 6.29. The molecule has 2 rings (SSSR count). The van der Waals surface area contributed by atoms with Crippen LogP contribution in [0.15, 0.2) is 6.07 Å². The summed E-state index contributed by atoms with van der Waals surface area (Å²) in [6.07, 6.45) is 5.23. The van der Waals surface area contributed by atoms with Gasteiger partial charge in [-0.1, -0.05) is 24.4 Å². The van der Waals surface area contributed by atoms with Gasteiger partial charge in [0.05, 0.1) is 11.2 Å². The summed E-state index contributed by atoms with van der Waals surface area (Å²) in [5.41, 5.74) is 1.17. The smallest absolute Gasteiger partial charge is 0.127 e. The Morgan fingerprint density at radius 1 is 1.33 bits per heavy atom. The van der Waals surface area contributed by atoms with E-state index in [1.54, 1.807) is 0 Å². The van der Waals surface area contributed by atoms with Crippen molar-refractivity contribution in [1.82, 2.24) is 9.78 Å². The SMILES string of the molecule is CC(C)(C)n1nc(C2CCCC2)cc1Cl. The zero-order valence-corrected chi connectivity index (χ0v) is 10.5. The van der Waals surface area contributed by atoms with Crippen molar-refractivity contribution in [3.05, 3.63) is 16.9 Å². The van der Waals surface area contributed by atoms with E-state index in [-0.39, 0.29) is 5.54 Å². The quantitative estimate of drug-likeness (QED) is 0.709. The second kappa shape index (κ2) is 3.82. The first-order chi connectivity index (χ1) is 6.98. The molecule has 1 aliphatic carbocycles. The monoisotopic (exact) mass is 226 g/mol. The van der Waals surface area contributed by atoms with Crippen LogP contribution in [-0.2, 0) is 5.54 Å². The molecule has 0 unspecified atom stereocenters. The maximum Gasteiger partial charge on any atom is 0.127 e. The topological polar surface area (TPSA) is 17.8 Å². The molecule has 1 aromatic heterocycles. The average molecular weight is 227 g/mol. The Morgan fingerprint density at radius 2 is 1.93 bits per heavy atom. The molecule has 0 aromatic carbocycles. The third-order valence-corrected chi connectivity index (χ3v) is 3.36. The Balaban J connectivity index is 2.28. The van der Waals surface area contributed by atoms with Gasteiger partial charge >= 0.3 is 0 Å². The van der Waals surface area contributed by atoms with Crippen molar-refractivity contribution < 1.29 is 0 Å². The fourth-order valence-corrected chi connectivity index (χ4v) is 2.67. The van der Waals surface area contributed by atoms with Crippen LogP contribution in [0.5, 0.6) is 0 Å². The second-order valence-corrected chi connectivity index (χ2v) is 5.84. The summed E-state index contributed by atoms with van der Waals surface area (Å²) >= 11 is 6.21.